The molecule has 0 aliphatic carbocycles. The molecule has 6 nitrogen and oxygen atoms in total. The lowest BCUT2D eigenvalue weighted by atomic mass is 9.94. The molecule has 5 N–H and O–H groups in total. The summed E-state index contributed by atoms with van der Waals surface area (Å²) in [7, 11) is 0. The predicted octanol–water partition coefficient (Wildman–Crippen LogP) is 0.456. The van der Waals surface area contributed by atoms with E-state index in [4.69, 9.17) is 5.84 Å². The van der Waals surface area contributed by atoms with Crippen LogP contribution in [0.3, 0.4) is 0 Å². The zero-order chi connectivity index (χ0) is 15.3. The average molecular weight is 279 g/mol. The van der Waals surface area contributed by atoms with Crippen molar-refractivity contribution >= 4 is 11.8 Å². The Morgan fingerprint density at radius 2 is 1.80 bits per heavy atom. The molecule has 1 aromatic rings. The van der Waals surface area contributed by atoms with Gasteiger partial charge in [-0.3, -0.25) is 15.0 Å². The molecule has 0 unspecified atom stereocenters. The Morgan fingerprint density at radius 3 is 2.25 bits per heavy atom. The number of rotatable bonds is 4. The Hall–Kier alpha value is -2.08. The van der Waals surface area contributed by atoms with Crippen molar-refractivity contribution in [3.05, 3.63) is 29.8 Å². The van der Waals surface area contributed by atoms with Gasteiger partial charge in [0.1, 0.15) is 11.8 Å². The van der Waals surface area contributed by atoms with Crippen LogP contribution in [0.25, 0.3) is 0 Å². The van der Waals surface area contributed by atoms with Crippen molar-refractivity contribution in [3.8, 4) is 5.75 Å². The van der Waals surface area contributed by atoms with Crippen LogP contribution in [0.5, 0.6) is 5.75 Å². The van der Waals surface area contributed by atoms with E-state index in [0.717, 1.165) is 5.56 Å². The van der Waals surface area contributed by atoms with E-state index in [-0.39, 0.29) is 11.7 Å². The first-order valence-electron chi connectivity index (χ1n) is 6.33. The van der Waals surface area contributed by atoms with Crippen molar-refractivity contribution < 1.29 is 14.7 Å². The third-order valence-corrected chi connectivity index (χ3v) is 2.82. The number of nitrogens with two attached hydrogens (primary N) is 1. The predicted molar refractivity (Wildman–Crippen MR) is 75.5 cm³/mol. The molecule has 0 aliphatic rings. The van der Waals surface area contributed by atoms with Gasteiger partial charge in [0.05, 0.1) is 0 Å². The minimum Gasteiger partial charge on any atom is -0.508 e. The standard InChI is InChI=1S/C14H21N3O3/c1-14(2,3)13(20)16-11(12(19)17-15)8-9-4-6-10(18)7-5-9/h4-7,11,18H,8,15H2,1-3H3,(H,16,20)(H,17,19)/t11-/m1/s1. The van der Waals surface area contributed by atoms with Crippen LogP contribution in [0, 0.1) is 5.41 Å². The highest BCUT2D eigenvalue weighted by Crippen LogP contribution is 2.15. The van der Waals surface area contributed by atoms with Gasteiger partial charge in [0, 0.05) is 11.8 Å². The number of benzene rings is 1. The van der Waals surface area contributed by atoms with Gasteiger partial charge < -0.3 is 10.4 Å². The zero-order valence-corrected chi connectivity index (χ0v) is 11.9. The second-order valence-corrected chi connectivity index (χ2v) is 5.66. The fourth-order valence-corrected chi connectivity index (χ4v) is 1.55. The first-order chi connectivity index (χ1) is 9.24. The van der Waals surface area contributed by atoms with E-state index in [1.165, 1.54) is 12.1 Å². The minimum absolute atomic E-state index is 0.146. The summed E-state index contributed by atoms with van der Waals surface area (Å²) < 4.78 is 0. The third kappa shape index (κ3) is 4.55. The highest BCUT2D eigenvalue weighted by Gasteiger charge is 2.27. The number of hydrogen-bond donors (Lipinski definition) is 4. The molecule has 0 radical (unpaired) electrons. The fraction of sp³-hybridized carbons (Fsp3) is 0.429. The number of nitrogens with one attached hydrogen (secondary N) is 2. The van der Waals surface area contributed by atoms with Gasteiger partial charge in [0.25, 0.3) is 5.91 Å². The number of amides is 2. The van der Waals surface area contributed by atoms with Crippen LogP contribution in [-0.4, -0.2) is 23.0 Å². The van der Waals surface area contributed by atoms with E-state index in [2.05, 4.69) is 10.7 Å². The van der Waals surface area contributed by atoms with E-state index in [0.29, 0.717) is 6.42 Å². The Bertz CT molecular complexity index is 477. The third-order valence-electron chi connectivity index (χ3n) is 2.82. The molecule has 0 spiro atoms. The maximum atomic E-state index is 12.0. The molecule has 0 heterocycles. The van der Waals surface area contributed by atoms with Crippen LogP contribution in [-0.2, 0) is 16.0 Å². The van der Waals surface area contributed by atoms with E-state index in [1.54, 1.807) is 32.9 Å². The lowest BCUT2D eigenvalue weighted by Gasteiger charge is -2.23. The van der Waals surface area contributed by atoms with Gasteiger partial charge in [-0.25, -0.2) is 5.84 Å². The smallest absolute Gasteiger partial charge is 0.256 e. The number of carbonyl (C=O) groups is 2. The molecule has 0 fully saturated rings. The molecule has 1 aromatic carbocycles. The number of phenolic OH excluding ortho intramolecular Hbond substituents is 1. The Labute approximate surface area is 118 Å². The topological polar surface area (TPSA) is 104 Å². The molecule has 20 heavy (non-hydrogen) atoms. The highest BCUT2D eigenvalue weighted by molar-refractivity contribution is 5.89. The minimum atomic E-state index is -0.753. The number of hydrazine groups is 1. The van der Waals surface area contributed by atoms with Gasteiger partial charge in [0.2, 0.25) is 5.91 Å². The largest absolute Gasteiger partial charge is 0.508 e. The summed E-state index contributed by atoms with van der Waals surface area (Å²) in [5.74, 6) is 4.60. The SMILES string of the molecule is CC(C)(C)C(=O)N[C@H](Cc1ccc(O)cc1)C(=O)NN. The van der Waals surface area contributed by atoms with Gasteiger partial charge in [-0.2, -0.15) is 0 Å². The molecule has 0 bridgehead atoms. The van der Waals surface area contributed by atoms with E-state index < -0.39 is 17.4 Å². The van der Waals surface area contributed by atoms with Crippen LogP contribution >= 0.6 is 0 Å². The number of carbonyl (C=O) groups excluding carboxylic acids is 2. The molecule has 1 atom stereocenters. The maximum Gasteiger partial charge on any atom is 0.256 e. The lowest BCUT2D eigenvalue weighted by molar-refractivity contribution is -0.133. The number of phenols is 1. The van der Waals surface area contributed by atoms with E-state index in [1.807, 2.05) is 0 Å². The van der Waals surface area contributed by atoms with Crippen LogP contribution in [0.4, 0.5) is 0 Å². The molecule has 110 valence electrons. The Morgan fingerprint density at radius 1 is 1.25 bits per heavy atom. The maximum absolute atomic E-state index is 12.0. The monoisotopic (exact) mass is 279 g/mol. The van der Waals surface area contributed by atoms with Crippen LogP contribution in [0.15, 0.2) is 24.3 Å². The molecule has 6 heteroatoms. The van der Waals surface area contributed by atoms with Crippen molar-refractivity contribution in [2.75, 3.05) is 0 Å². The molecule has 0 saturated carbocycles. The van der Waals surface area contributed by atoms with Crippen molar-refractivity contribution in [2.45, 2.75) is 33.2 Å². The number of hydrogen-bond acceptors (Lipinski definition) is 4. The van der Waals surface area contributed by atoms with E-state index in [9.17, 15) is 14.7 Å². The summed E-state index contributed by atoms with van der Waals surface area (Å²) in [6.07, 6.45) is 0.297. The summed E-state index contributed by atoms with van der Waals surface area (Å²) >= 11 is 0. The first kappa shape index (κ1) is 16.0. The van der Waals surface area contributed by atoms with Gasteiger partial charge in [-0.15, -0.1) is 0 Å². The zero-order valence-electron chi connectivity index (χ0n) is 11.9. The summed E-state index contributed by atoms with van der Waals surface area (Å²) in [4.78, 5) is 23.7. The van der Waals surface area contributed by atoms with Crippen molar-refractivity contribution in [2.24, 2.45) is 11.3 Å². The second-order valence-electron chi connectivity index (χ2n) is 5.66. The van der Waals surface area contributed by atoms with Gasteiger partial charge in [0.15, 0.2) is 0 Å². The molecular formula is C14H21N3O3. The normalized spacial score (nSPS) is 12.6. The summed E-state index contributed by atoms with van der Waals surface area (Å²) in [6.45, 7) is 5.29. The Kier molecular flexibility index (Phi) is 5.10. The van der Waals surface area contributed by atoms with Crippen molar-refractivity contribution in [1.29, 1.82) is 0 Å². The molecule has 1 rings (SSSR count). The van der Waals surface area contributed by atoms with Gasteiger partial charge in [-0.05, 0) is 17.7 Å². The highest BCUT2D eigenvalue weighted by atomic mass is 16.3. The Balaban J connectivity index is 2.82. The molecule has 0 aliphatic heterocycles. The van der Waals surface area contributed by atoms with Gasteiger partial charge >= 0.3 is 0 Å². The molecule has 2 amide bonds. The fourth-order valence-electron chi connectivity index (χ4n) is 1.55. The molecule has 0 saturated heterocycles. The van der Waals surface area contributed by atoms with Gasteiger partial charge in [-0.1, -0.05) is 32.9 Å². The molecular weight excluding hydrogens is 258 g/mol. The van der Waals surface area contributed by atoms with Crippen molar-refractivity contribution in [3.63, 3.8) is 0 Å². The lowest BCUT2D eigenvalue weighted by Crippen LogP contribution is -2.52. The van der Waals surface area contributed by atoms with E-state index >= 15 is 0 Å². The quantitative estimate of drug-likeness (QED) is 0.365. The average Bonchev–Trinajstić information content (AvgIpc) is 2.38. The van der Waals surface area contributed by atoms with Crippen LogP contribution in [0.1, 0.15) is 26.3 Å². The second kappa shape index (κ2) is 6.38. The summed E-state index contributed by atoms with van der Waals surface area (Å²) in [5, 5.41) is 11.9. The summed E-state index contributed by atoms with van der Waals surface area (Å²) in [6, 6.07) is 5.68. The summed E-state index contributed by atoms with van der Waals surface area (Å²) in [5.41, 5.74) is 2.27. The van der Waals surface area contributed by atoms with Crippen molar-refractivity contribution in [1.82, 2.24) is 10.7 Å². The first-order valence-corrected chi connectivity index (χ1v) is 6.33. The van der Waals surface area contributed by atoms with Crippen LogP contribution < -0.4 is 16.6 Å². The van der Waals surface area contributed by atoms with Crippen LogP contribution in [0.2, 0.25) is 0 Å². The number of aromatic hydroxyl groups is 1. The molecule has 0 aromatic heterocycles.